The maximum atomic E-state index is 2.52. The molecule has 2 nitrogen and oxygen atoms in total. The second-order valence-corrected chi connectivity index (χ2v) is 8.41. The minimum Gasteiger partial charge on any atom is -0.225 e. The lowest BCUT2D eigenvalue weighted by Crippen LogP contribution is -2.30. The number of imidazole rings is 1. The van der Waals surface area contributed by atoms with Gasteiger partial charge in [-0.05, 0) is 36.1 Å². The highest BCUT2D eigenvalue weighted by Gasteiger charge is 2.36. The summed E-state index contributed by atoms with van der Waals surface area (Å²) in [6.45, 7) is 9.20. The van der Waals surface area contributed by atoms with E-state index in [9.17, 15) is 0 Å². The van der Waals surface area contributed by atoms with Gasteiger partial charge in [0.2, 0.25) is 0 Å². The summed E-state index contributed by atoms with van der Waals surface area (Å²) in [6, 6.07) is 22.4. The van der Waals surface area contributed by atoms with Gasteiger partial charge in [-0.3, -0.25) is 0 Å². The quantitative estimate of drug-likeness (QED) is 0.364. The summed E-state index contributed by atoms with van der Waals surface area (Å²) < 4.78 is 4.90. The van der Waals surface area contributed by atoms with E-state index in [0.717, 1.165) is 0 Å². The van der Waals surface area contributed by atoms with Gasteiger partial charge in [0.15, 0.2) is 11.0 Å². The molecule has 0 radical (unpaired) electrons. The van der Waals surface area contributed by atoms with Crippen molar-refractivity contribution in [3.8, 4) is 17.1 Å². The first-order valence-corrected chi connectivity index (χ1v) is 10.2. The maximum absolute atomic E-state index is 2.52. The summed E-state index contributed by atoms with van der Waals surface area (Å²) >= 11 is 0. The van der Waals surface area contributed by atoms with Crippen LogP contribution in [0.25, 0.3) is 28.1 Å². The molecule has 1 aliphatic rings. The number of nitrogens with zero attached hydrogens (tertiary/aromatic N) is 2. The molecule has 0 saturated carbocycles. The lowest BCUT2D eigenvalue weighted by Gasteiger charge is -2.18. The Morgan fingerprint density at radius 3 is 2.39 bits per heavy atom. The molecule has 0 spiro atoms. The Labute approximate surface area is 167 Å². The van der Waals surface area contributed by atoms with Crippen molar-refractivity contribution in [1.29, 1.82) is 0 Å². The molecule has 0 saturated heterocycles. The number of fused-ring (bicyclic) bond motifs is 7. The van der Waals surface area contributed by atoms with E-state index in [2.05, 4.69) is 105 Å². The fraction of sp³-hybridized carbons (Fsp3) is 0.269. The number of para-hydroxylation sites is 3. The number of aryl methyl sites for hydroxylation is 2. The molecule has 3 aromatic carbocycles. The molecule has 2 heteroatoms. The maximum Gasteiger partial charge on any atom is 0.295 e. The number of hydrogen-bond donors (Lipinski definition) is 0. The standard InChI is InChI=1S/C26H27N2/c1-16(2)19-11-9-13-21-18(4)20-12-8-10-17(3)24(20)26-27(5)22-14-6-7-15-23(22)28(26)25(19)21/h6-16,18H,1-5H3/q+1. The molecule has 0 fully saturated rings. The van der Waals surface area contributed by atoms with Gasteiger partial charge in [0.05, 0.1) is 12.6 Å². The average molecular weight is 368 g/mol. The normalized spacial score (nSPS) is 15.3. The fourth-order valence-electron chi connectivity index (χ4n) is 5.00. The van der Waals surface area contributed by atoms with Gasteiger partial charge >= 0.3 is 0 Å². The van der Waals surface area contributed by atoms with Crippen LogP contribution in [0.1, 0.15) is 54.9 Å². The molecule has 0 aliphatic carbocycles. The predicted molar refractivity (Wildman–Crippen MR) is 116 cm³/mol. The minimum atomic E-state index is 0.349. The van der Waals surface area contributed by atoms with Crippen LogP contribution in [-0.2, 0) is 7.05 Å². The van der Waals surface area contributed by atoms with Crippen LogP contribution in [0.15, 0.2) is 60.7 Å². The van der Waals surface area contributed by atoms with E-state index >= 15 is 0 Å². The molecular weight excluding hydrogens is 340 g/mol. The van der Waals surface area contributed by atoms with Crippen LogP contribution in [-0.4, -0.2) is 4.57 Å². The largest absolute Gasteiger partial charge is 0.295 e. The van der Waals surface area contributed by atoms with E-state index in [1.54, 1.807) is 0 Å². The molecule has 4 aromatic rings. The smallest absolute Gasteiger partial charge is 0.225 e. The van der Waals surface area contributed by atoms with Crippen LogP contribution in [0.4, 0.5) is 0 Å². The molecule has 0 N–H and O–H groups in total. The van der Waals surface area contributed by atoms with Crippen LogP contribution in [0.3, 0.4) is 0 Å². The first-order chi connectivity index (χ1) is 13.5. The summed E-state index contributed by atoms with van der Waals surface area (Å²) in [5, 5.41) is 0. The van der Waals surface area contributed by atoms with Crippen LogP contribution in [0.2, 0.25) is 0 Å². The van der Waals surface area contributed by atoms with Crippen molar-refractivity contribution in [2.75, 3.05) is 0 Å². The summed E-state index contributed by atoms with van der Waals surface area (Å²) in [4.78, 5) is 0. The van der Waals surface area contributed by atoms with Gasteiger partial charge in [0.25, 0.3) is 5.82 Å². The van der Waals surface area contributed by atoms with E-state index < -0.39 is 0 Å². The average Bonchev–Trinajstić information content (AvgIpc) is 2.92. The van der Waals surface area contributed by atoms with E-state index in [-0.39, 0.29) is 0 Å². The molecule has 1 aliphatic heterocycles. The van der Waals surface area contributed by atoms with E-state index in [4.69, 9.17) is 0 Å². The van der Waals surface area contributed by atoms with E-state index in [1.807, 2.05) is 0 Å². The van der Waals surface area contributed by atoms with Gasteiger partial charge in [-0.15, -0.1) is 0 Å². The number of rotatable bonds is 1. The lowest BCUT2D eigenvalue weighted by molar-refractivity contribution is -0.633. The Balaban J connectivity index is 2.08. The summed E-state index contributed by atoms with van der Waals surface area (Å²) in [5.74, 6) is 2.10. The fourth-order valence-corrected chi connectivity index (χ4v) is 5.00. The SMILES string of the molecule is Cc1cccc2c1-c1n(c3ccccc3[n+]1C)-c1c(C(C)C)cccc1C2C. The Hall–Kier alpha value is -2.87. The zero-order chi connectivity index (χ0) is 19.6. The Morgan fingerprint density at radius 1 is 0.893 bits per heavy atom. The second-order valence-electron chi connectivity index (χ2n) is 8.41. The first kappa shape index (κ1) is 17.2. The topological polar surface area (TPSA) is 8.81 Å². The monoisotopic (exact) mass is 367 g/mol. The van der Waals surface area contributed by atoms with Crippen LogP contribution >= 0.6 is 0 Å². The van der Waals surface area contributed by atoms with Crippen molar-refractivity contribution in [3.05, 3.63) is 82.9 Å². The number of hydrogen-bond acceptors (Lipinski definition) is 0. The summed E-state index contributed by atoms with van der Waals surface area (Å²) in [7, 11) is 2.21. The Bertz CT molecular complexity index is 1230. The van der Waals surface area contributed by atoms with Gasteiger partial charge in [-0.2, -0.15) is 4.57 Å². The van der Waals surface area contributed by atoms with E-state index in [1.165, 1.54) is 50.4 Å². The molecule has 1 atom stereocenters. The molecule has 5 rings (SSSR count). The first-order valence-electron chi connectivity index (χ1n) is 10.2. The van der Waals surface area contributed by atoms with E-state index in [0.29, 0.717) is 11.8 Å². The van der Waals surface area contributed by atoms with Crippen molar-refractivity contribution in [1.82, 2.24) is 4.57 Å². The van der Waals surface area contributed by atoms with Crippen LogP contribution in [0.5, 0.6) is 0 Å². The molecule has 0 bridgehead atoms. The second kappa shape index (κ2) is 6.07. The third-order valence-electron chi connectivity index (χ3n) is 6.42. The van der Waals surface area contributed by atoms with Crippen molar-refractivity contribution >= 4 is 11.0 Å². The zero-order valence-corrected chi connectivity index (χ0v) is 17.3. The minimum absolute atomic E-state index is 0.349. The van der Waals surface area contributed by atoms with Crippen molar-refractivity contribution in [2.24, 2.45) is 7.05 Å². The van der Waals surface area contributed by atoms with Gasteiger partial charge in [0.1, 0.15) is 5.69 Å². The van der Waals surface area contributed by atoms with Crippen LogP contribution in [0, 0.1) is 6.92 Å². The van der Waals surface area contributed by atoms with Gasteiger partial charge in [-0.1, -0.05) is 69.3 Å². The van der Waals surface area contributed by atoms with Gasteiger partial charge in [-0.25, -0.2) is 4.57 Å². The highest BCUT2D eigenvalue weighted by molar-refractivity contribution is 5.83. The highest BCUT2D eigenvalue weighted by Crippen LogP contribution is 2.44. The highest BCUT2D eigenvalue weighted by atomic mass is 15.2. The Morgan fingerprint density at radius 2 is 1.61 bits per heavy atom. The van der Waals surface area contributed by atoms with Gasteiger partial charge < -0.3 is 0 Å². The van der Waals surface area contributed by atoms with Crippen LogP contribution < -0.4 is 4.57 Å². The third kappa shape index (κ3) is 2.18. The lowest BCUT2D eigenvalue weighted by atomic mass is 9.86. The van der Waals surface area contributed by atoms with Gasteiger partial charge in [0, 0.05) is 17.0 Å². The third-order valence-corrected chi connectivity index (χ3v) is 6.42. The molecular formula is C26H27N2+. The van der Waals surface area contributed by atoms with Crippen molar-refractivity contribution in [2.45, 2.75) is 39.5 Å². The molecule has 1 aromatic heterocycles. The van der Waals surface area contributed by atoms with Crippen molar-refractivity contribution in [3.63, 3.8) is 0 Å². The predicted octanol–water partition coefficient (Wildman–Crippen LogP) is 6.02. The number of aromatic nitrogens is 2. The zero-order valence-electron chi connectivity index (χ0n) is 17.3. The molecule has 140 valence electrons. The molecule has 28 heavy (non-hydrogen) atoms. The summed E-state index contributed by atoms with van der Waals surface area (Å²) in [5.41, 5.74) is 10.9. The molecule has 1 unspecified atom stereocenters. The Kier molecular flexibility index (Phi) is 3.74. The summed E-state index contributed by atoms with van der Waals surface area (Å²) in [6.07, 6.45) is 0. The van der Waals surface area contributed by atoms with Crippen molar-refractivity contribution < 1.29 is 4.57 Å². The molecule has 2 heterocycles. The number of benzene rings is 3. The molecule has 0 amide bonds.